The molecule has 1 rings (SSSR count). The van der Waals surface area contributed by atoms with Crippen LogP contribution in [0.15, 0.2) is 24.4 Å². The third-order valence-electron chi connectivity index (χ3n) is 0.688. The van der Waals surface area contributed by atoms with Crippen LogP contribution in [0.4, 0.5) is 5.82 Å². The summed E-state index contributed by atoms with van der Waals surface area (Å²) in [4.78, 5) is 3.76. The van der Waals surface area contributed by atoms with E-state index in [2.05, 4.69) is 4.98 Å². The Hall–Kier alpha value is -1.05. The fourth-order valence-corrected chi connectivity index (χ4v) is 0.376. The van der Waals surface area contributed by atoms with Gasteiger partial charge in [0.2, 0.25) is 0 Å². The Kier molecular flexibility index (Phi) is 0.941. The molecule has 2 heteroatoms. The molecule has 0 aliphatic carbocycles. The SMILES string of the molecule is Nc1ccccn1.[HH]. The Balaban J connectivity index is 0.000000490. The first-order valence-corrected chi connectivity index (χ1v) is 2.06. The Morgan fingerprint density at radius 1 is 1.57 bits per heavy atom. The summed E-state index contributed by atoms with van der Waals surface area (Å²) in [6.45, 7) is 0. The Labute approximate surface area is 43.5 Å². The summed E-state index contributed by atoms with van der Waals surface area (Å²) in [5, 5.41) is 0. The highest BCUT2D eigenvalue weighted by atomic mass is 14.8. The van der Waals surface area contributed by atoms with E-state index in [1.54, 1.807) is 12.3 Å². The topological polar surface area (TPSA) is 38.9 Å². The van der Waals surface area contributed by atoms with Gasteiger partial charge in [-0.1, -0.05) is 6.07 Å². The lowest BCUT2D eigenvalue weighted by atomic mass is 10.5. The Morgan fingerprint density at radius 2 is 2.43 bits per heavy atom. The van der Waals surface area contributed by atoms with Gasteiger partial charge in [0.1, 0.15) is 5.82 Å². The molecule has 0 saturated carbocycles. The number of anilines is 1. The number of nitrogens with two attached hydrogens (primary N) is 1. The standard InChI is InChI=1S/C5H6N2.H2/c6-5-3-1-2-4-7-5;/h1-4H,(H2,6,7);1H. The van der Waals surface area contributed by atoms with Crippen LogP contribution >= 0.6 is 0 Å². The van der Waals surface area contributed by atoms with Crippen LogP contribution in [0.3, 0.4) is 0 Å². The fourth-order valence-electron chi connectivity index (χ4n) is 0.376. The van der Waals surface area contributed by atoms with Crippen molar-refractivity contribution in [3.8, 4) is 0 Å². The molecule has 0 fully saturated rings. The quantitative estimate of drug-likeness (QED) is 0.521. The Bertz CT molecular complexity index is 140. The third kappa shape index (κ3) is 0.892. The average Bonchev–Trinajstić information content (AvgIpc) is 1.69. The van der Waals surface area contributed by atoms with E-state index in [1.165, 1.54) is 0 Å². The van der Waals surface area contributed by atoms with E-state index in [1.807, 2.05) is 12.1 Å². The molecule has 0 aliphatic rings. The van der Waals surface area contributed by atoms with Gasteiger partial charge in [0.05, 0.1) is 0 Å². The summed E-state index contributed by atoms with van der Waals surface area (Å²) in [6.07, 6.45) is 1.66. The van der Waals surface area contributed by atoms with Gasteiger partial charge in [-0.25, -0.2) is 4.98 Å². The van der Waals surface area contributed by atoms with Crippen molar-refractivity contribution in [1.82, 2.24) is 4.98 Å². The van der Waals surface area contributed by atoms with Crippen LogP contribution in [-0.2, 0) is 0 Å². The van der Waals surface area contributed by atoms with Crippen LogP contribution in [0, 0.1) is 0 Å². The molecular formula is C5H8N2. The van der Waals surface area contributed by atoms with Crippen molar-refractivity contribution in [3.63, 3.8) is 0 Å². The molecule has 0 spiro atoms. The first kappa shape index (κ1) is 4.12. The Morgan fingerprint density at radius 3 is 2.71 bits per heavy atom. The zero-order chi connectivity index (χ0) is 5.11. The first-order valence-electron chi connectivity index (χ1n) is 2.06. The molecule has 1 aromatic rings. The molecule has 0 unspecified atom stereocenters. The number of rotatable bonds is 0. The van der Waals surface area contributed by atoms with Crippen LogP contribution in [0.2, 0.25) is 0 Å². The molecule has 38 valence electrons. The minimum absolute atomic E-state index is 0. The molecular weight excluding hydrogens is 88.1 g/mol. The molecule has 1 aromatic heterocycles. The molecule has 7 heavy (non-hydrogen) atoms. The van der Waals surface area contributed by atoms with E-state index in [-0.39, 0.29) is 1.43 Å². The lowest BCUT2D eigenvalue weighted by molar-refractivity contribution is 1.34. The number of hydrogen-bond acceptors (Lipinski definition) is 2. The molecule has 0 atom stereocenters. The van der Waals surface area contributed by atoms with Crippen molar-refractivity contribution in [3.05, 3.63) is 24.4 Å². The van der Waals surface area contributed by atoms with E-state index in [0.29, 0.717) is 5.82 Å². The van der Waals surface area contributed by atoms with E-state index in [0.717, 1.165) is 0 Å². The molecule has 2 N–H and O–H groups in total. The fraction of sp³-hybridized carbons (Fsp3) is 0. The van der Waals surface area contributed by atoms with Crippen molar-refractivity contribution < 1.29 is 1.43 Å². The zero-order valence-corrected chi connectivity index (χ0v) is 3.83. The van der Waals surface area contributed by atoms with Gasteiger partial charge in [-0.2, -0.15) is 0 Å². The van der Waals surface area contributed by atoms with Crippen LogP contribution in [-0.4, -0.2) is 4.98 Å². The minimum Gasteiger partial charge on any atom is -0.384 e. The van der Waals surface area contributed by atoms with Gasteiger partial charge in [0, 0.05) is 7.62 Å². The molecule has 0 bridgehead atoms. The van der Waals surface area contributed by atoms with E-state index < -0.39 is 0 Å². The maximum atomic E-state index is 5.25. The highest BCUT2D eigenvalue weighted by Crippen LogP contribution is 1.89. The lowest BCUT2D eigenvalue weighted by Gasteiger charge is -1.82. The van der Waals surface area contributed by atoms with Crippen molar-refractivity contribution in [2.75, 3.05) is 5.73 Å². The molecule has 1 heterocycles. The smallest absolute Gasteiger partial charge is 0.123 e. The summed E-state index contributed by atoms with van der Waals surface area (Å²) in [5.74, 6) is 0.572. The summed E-state index contributed by atoms with van der Waals surface area (Å²) < 4.78 is 0. The van der Waals surface area contributed by atoms with Crippen molar-refractivity contribution in [2.24, 2.45) is 0 Å². The van der Waals surface area contributed by atoms with Gasteiger partial charge < -0.3 is 5.73 Å². The second kappa shape index (κ2) is 1.60. The number of nitrogens with zero attached hydrogens (tertiary/aromatic N) is 1. The highest BCUT2D eigenvalue weighted by molar-refractivity contribution is 5.25. The predicted molar refractivity (Wildman–Crippen MR) is 30.8 cm³/mol. The van der Waals surface area contributed by atoms with Gasteiger partial charge >= 0.3 is 0 Å². The van der Waals surface area contributed by atoms with E-state index in [9.17, 15) is 0 Å². The largest absolute Gasteiger partial charge is 0.384 e. The summed E-state index contributed by atoms with van der Waals surface area (Å²) in [5.41, 5.74) is 5.25. The van der Waals surface area contributed by atoms with Gasteiger partial charge in [-0.05, 0) is 12.1 Å². The van der Waals surface area contributed by atoms with E-state index in [4.69, 9.17) is 5.73 Å². The van der Waals surface area contributed by atoms with Crippen molar-refractivity contribution in [2.45, 2.75) is 0 Å². The van der Waals surface area contributed by atoms with Crippen molar-refractivity contribution >= 4 is 5.82 Å². The number of aromatic nitrogens is 1. The molecule has 0 amide bonds. The third-order valence-corrected chi connectivity index (χ3v) is 0.688. The molecule has 2 nitrogen and oxygen atoms in total. The van der Waals surface area contributed by atoms with Crippen LogP contribution in [0.25, 0.3) is 0 Å². The predicted octanol–water partition coefficient (Wildman–Crippen LogP) is 0.910. The molecule has 0 aliphatic heterocycles. The second-order valence-electron chi connectivity index (χ2n) is 1.25. The summed E-state index contributed by atoms with van der Waals surface area (Å²) in [7, 11) is 0. The second-order valence-corrected chi connectivity index (χ2v) is 1.25. The molecule has 0 saturated heterocycles. The highest BCUT2D eigenvalue weighted by Gasteiger charge is 1.73. The van der Waals surface area contributed by atoms with Gasteiger partial charge in [0.15, 0.2) is 0 Å². The number of nitrogen functional groups attached to an aromatic ring is 1. The first-order chi connectivity index (χ1) is 3.39. The summed E-state index contributed by atoms with van der Waals surface area (Å²) in [6, 6.07) is 5.43. The lowest BCUT2D eigenvalue weighted by Crippen LogP contribution is -1.85. The van der Waals surface area contributed by atoms with Gasteiger partial charge in [0.25, 0.3) is 0 Å². The van der Waals surface area contributed by atoms with Crippen LogP contribution < -0.4 is 5.73 Å². The maximum absolute atomic E-state index is 5.25. The number of pyridine rings is 1. The monoisotopic (exact) mass is 96.1 g/mol. The van der Waals surface area contributed by atoms with E-state index >= 15 is 0 Å². The minimum atomic E-state index is 0. The summed E-state index contributed by atoms with van der Waals surface area (Å²) >= 11 is 0. The van der Waals surface area contributed by atoms with Crippen molar-refractivity contribution in [1.29, 1.82) is 0 Å². The van der Waals surface area contributed by atoms with Gasteiger partial charge in [-0.15, -0.1) is 0 Å². The normalized spacial score (nSPS) is 8.57. The zero-order valence-electron chi connectivity index (χ0n) is 3.83. The molecule has 0 radical (unpaired) electrons. The number of hydrogen-bond donors (Lipinski definition) is 1. The van der Waals surface area contributed by atoms with Crippen LogP contribution in [0.1, 0.15) is 1.43 Å². The molecule has 0 aromatic carbocycles. The average molecular weight is 96.1 g/mol. The van der Waals surface area contributed by atoms with Gasteiger partial charge in [-0.3, -0.25) is 0 Å². The van der Waals surface area contributed by atoms with Crippen LogP contribution in [0.5, 0.6) is 0 Å². The maximum Gasteiger partial charge on any atom is 0.123 e.